The molecular weight excluding hydrogens is 356 g/mol. The fourth-order valence-electron chi connectivity index (χ4n) is 2.62. The van der Waals surface area contributed by atoms with Crippen molar-refractivity contribution >= 4 is 11.6 Å². The van der Waals surface area contributed by atoms with Crippen molar-refractivity contribution in [2.45, 2.75) is 20.5 Å². The van der Waals surface area contributed by atoms with Gasteiger partial charge < -0.3 is 14.9 Å². The second-order valence-electron chi connectivity index (χ2n) is 6.20. The van der Waals surface area contributed by atoms with E-state index in [9.17, 15) is 9.59 Å². The first-order valence-corrected chi connectivity index (χ1v) is 9.02. The van der Waals surface area contributed by atoms with E-state index in [1.54, 1.807) is 24.3 Å². The number of nitrogens with zero attached hydrogens (tertiary/aromatic N) is 1. The van der Waals surface area contributed by atoms with Crippen molar-refractivity contribution in [3.05, 3.63) is 93.9 Å². The minimum atomic E-state index is -0.527. The first kappa shape index (κ1) is 19.2. The minimum absolute atomic E-state index is 0.0160. The Morgan fingerprint density at radius 1 is 1.04 bits per heavy atom. The molecule has 0 radical (unpaired) electrons. The molecule has 3 rings (SSSR count). The van der Waals surface area contributed by atoms with Crippen molar-refractivity contribution in [2.75, 3.05) is 11.9 Å². The zero-order valence-electron chi connectivity index (χ0n) is 15.8. The third-order valence-corrected chi connectivity index (χ3v) is 4.09. The van der Waals surface area contributed by atoms with Crippen molar-refractivity contribution in [1.82, 2.24) is 4.73 Å². The molecule has 1 amide bonds. The van der Waals surface area contributed by atoms with Crippen molar-refractivity contribution in [3.8, 4) is 5.75 Å². The summed E-state index contributed by atoms with van der Waals surface area (Å²) in [4.78, 5) is 30.8. The first-order chi connectivity index (χ1) is 13.6. The van der Waals surface area contributed by atoms with Crippen molar-refractivity contribution in [3.63, 3.8) is 0 Å². The molecule has 0 unspecified atom stereocenters. The molecule has 0 saturated heterocycles. The highest BCUT2D eigenvalue weighted by atomic mass is 16.7. The predicted octanol–water partition coefficient (Wildman–Crippen LogP) is 3.44. The van der Waals surface area contributed by atoms with Crippen LogP contribution >= 0.6 is 0 Å². The van der Waals surface area contributed by atoms with Gasteiger partial charge in [-0.1, -0.05) is 42.0 Å². The van der Waals surface area contributed by atoms with Gasteiger partial charge in [0.1, 0.15) is 17.9 Å². The lowest BCUT2D eigenvalue weighted by Crippen LogP contribution is -2.32. The summed E-state index contributed by atoms with van der Waals surface area (Å²) in [6.45, 7) is 4.55. The molecule has 0 aliphatic carbocycles. The van der Waals surface area contributed by atoms with Gasteiger partial charge in [-0.05, 0) is 43.7 Å². The number of aromatic nitrogens is 1. The van der Waals surface area contributed by atoms with Gasteiger partial charge in [0.15, 0.2) is 0 Å². The number of para-hydroxylation sites is 2. The molecule has 0 atom stereocenters. The number of amides is 1. The highest BCUT2D eigenvalue weighted by Crippen LogP contribution is 2.23. The number of aryl methyl sites for hydroxylation is 1. The molecule has 28 heavy (non-hydrogen) atoms. The molecule has 1 N–H and O–H groups in total. The predicted molar refractivity (Wildman–Crippen MR) is 108 cm³/mol. The van der Waals surface area contributed by atoms with Gasteiger partial charge in [0.25, 0.3) is 11.5 Å². The number of rotatable bonds is 7. The fourth-order valence-corrected chi connectivity index (χ4v) is 2.62. The maximum atomic E-state index is 12.6. The Morgan fingerprint density at radius 2 is 1.79 bits per heavy atom. The van der Waals surface area contributed by atoms with Gasteiger partial charge in [-0.25, -0.2) is 0 Å². The van der Waals surface area contributed by atoms with Gasteiger partial charge >= 0.3 is 0 Å². The largest absolute Gasteiger partial charge is 0.492 e. The summed E-state index contributed by atoms with van der Waals surface area (Å²) >= 11 is 0. The molecule has 0 bridgehead atoms. The summed E-state index contributed by atoms with van der Waals surface area (Å²) in [7, 11) is 0. The number of nitrogens with one attached hydrogen (secondary N) is 1. The maximum absolute atomic E-state index is 12.6. The molecule has 1 aromatic heterocycles. The van der Waals surface area contributed by atoms with Gasteiger partial charge in [-0.3, -0.25) is 9.59 Å². The third-order valence-electron chi connectivity index (χ3n) is 4.09. The summed E-state index contributed by atoms with van der Waals surface area (Å²) in [6.07, 6.45) is 1.49. The highest BCUT2D eigenvalue weighted by Gasteiger charge is 2.15. The average Bonchev–Trinajstić information content (AvgIpc) is 2.70. The lowest BCUT2D eigenvalue weighted by molar-refractivity contribution is 0.0863. The van der Waals surface area contributed by atoms with Gasteiger partial charge in [-0.2, -0.15) is 4.73 Å². The minimum Gasteiger partial charge on any atom is -0.492 e. The summed E-state index contributed by atoms with van der Waals surface area (Å²) in [5.41, 5.74) is 2.04. The van der Waals surface area contributed by atoms with Crippen molar-refractivity contribution in [2.24, 2.45) is 0 Å². The molecular formula is C22H22N2O4. The number of hydrogen-bond acceptors (Lipinski definition) is 4. The van der Waals surface area contributed by atoms with E-state index in [1.807, 2.05) is 44.2 Å². The van der Waals surface area contributed by atoms with Crippen LogP contribution in [0.25, 0.3) is 0 Å². The van der Waals surface area contributed by atoms with Crippen LogP contribution in [0.1, 0.15) is 28.4 Å². The van der Waals surface area contributed by atoms with E-state index >= 15 is 0 Å². The number of carbonyl (C=O) groups excluding carboxylic acids is 1. The molecule has 6 heteroatoms. The van der Waals surface area contributed by atoms with Crippen LogP contribution in [-0.2, 0) is 6.61 Å². The second-order valence-corrected chi connectivity index (χ2v) is 6.20. The number of benzene rings is 2. The van der Waals surface area contributed by atoms with Crippen LogP contribution in [0, 0.1) is 6.92 Å². The SMILES string of the molecule is CCOc1ccccc1NC(=O)c1cccn(OCc2ccc(C)cc2)c1=O. The molecule has 0 aliphatic heterocycles. The van der Waals surface area contributed by atoms with Crippen LogP contribution in [0.4, 0.5) is 5.69 Å². The number of anilines is 1. The van der Waals surface area contributed by atoms with Crippen LogP contribution in [0.2, 0.25) is 0 Å². The molecule has 6 nitrogen and oxygen atoms in total. The third kappa shape index (κ3) is 4.59. The Hall–Kier alpha value is -3.54. The zero-order valence-corrected chi connectivity index (χ0v) is 15.8. The Balaban J connectivity index is 1.76. The van der Waals surface area contributed by atoms with Crippen LogP contribution < -0.4 is 20.5 Å². The molecule has 0 fully saturated rings. The van der Waals surface area contributed by atoms with Crippen LogP contribution in [-0.4, -0.2) is 17.2 Å². The van der Waals surface area contributed by atoms with E-state index in [4.69, 9.17) is 9.57 Å². The van der Waals surface area contributed by atoms with Crippen LogP contribution in [0.3, 0.4) is 0 Å². The van der Waals surface area contributed by atoms with Crippen molar-refractivity contribution in [1.29, 1.82) is 0 Å². The van der Waals surface area contributed by atoms with Crippen LogP contribution in [0.5, 0.6) is 5.75 Å². The normalized spacial score (nSPS) is 10.4. The van der Waals surface area contributed by atoms with Gasteiger partial charge in [-0.15, -0.1) is 0 Å². The number of pyridine rings is 1. The van der Waals surface area contributed by atoms with E-state index in [2.05, 4.69) is 5.32 Å². The second kappa shape index (κ2) is 8.90. The smallest absolute Gasteiger partial charge is 0.295 e. The Kier molecular flexibility index (Phi) is 6.11. The van der Waals surface area contributed by atoms with Crippen molar-refractivity contribution < 1.29 is 14.4 Å². The van der Waals surface area contributed by atoms with Crippen LogP contribution in [0.15, 0.2) is 71.7 Å². The van der Waals surface area contributed by atoms with E-state index in [0.717, 1.165) is 15.9 Å². The Bertz CT molecular complexity index is 1010. The molecule has 144 valence electrons. The van der Waals surface area contributed by atoms with Gasteiger partial charge in [0.2, 0.25) is 0 Å². The highest BCUT2D eigenvalue weighted by molar-refractivity contribution is 6.04. The molecule has 0 saturated carbocycles. The summed E-state index contributed by atoms with van der Waals surface area (Å²) in [5, 5.41) is 2.73. The summed E-state index contributed by atoms with van der Waals surface area (Å²) in [5.74, 6) is 0.0238. The molecule has 2 aromatic carbocycles. The standard InChI is InChI=1S/C22H22N2O4/c1-3-27-20-9-5-4-8-19(20)23-21(25)18-7-6-14-24(22(18)26)28-15-17-12-10-16(2)11-13-17/h4-14H,3,15H2,1-2H3,(H,23,25). The topological polar surface area (TPSA) is 69.6 Å². The van der Waals surface area contributed by atoms with Gasteiger partial charge in [0.05, 0.1) is 12.3 Å². The molecule has 0 aliphatic rings. The number of ether oxygens (including phenoxy) is 1. The average molecular weight is 378 g/mol. The Labute approximate surface area is 163 Å². The summed E-state index contributed by atoms with van der Waals surface area (Å²) < 4.78 is 6.57. The molecule has 0 spiro atoms. The fraction of sp³-hybridized carbons (Fsp3) is 0.182. The van der Waals surface area contributed by atoms with E-state index in [0.29, 0.717) is 18.0 Å². The number of hydrogen-bond donors (Lipinski definition) is 1. The zero-order chi connectivity index (χ0) is 19.9. The first-order valence-electron chi connectivity index (χ1n) is 9.02. The quantitative estimate of drug-likeness (QED) is 0.684. The van der Waals surface area contributed by atoms with Gasteiger partial charge in [0, 0.05) is 6.20 Å². The van der Waals surface area contributed by atoms with E-state index in [1.165, 1.54) is 12.3 Å². The lowest BCUT2D eigenvalue weighted by atomic mass is 10.2. The Morgan fingerprint density at radius 3 is 2.54 bits per heavy atom. The lowest BCUT2D eigenvalue weighted by Gasteiger charge is -2.12. The maximum Gasteiger partial charge on any atom is 0.295 e. The van der Waals surface area contributed by atoms with E-state index < -0.39 is 11.5 Å². The molecule has 3 aromatic rings. The van der Waals surface area contributed by atoms with E-state index in [-0.39, 0.29) is 12.2 Å². The molecule has 1 heterocycles. The summed E-state index contributed by atoms with van der Waals surface area (Å²) in [6, 6.07) is 17.9. The number of carbonyl (C=O) groups is 1. The monoisotopic (exact) mass is 378 g/mol.